The van der Waals surface area contributed by atoms with Crippen LogP contribution in [0.1, 0.15) is 20.8 Å². The van der Waals surface area contributed by atoms with Gasteiger partial charge in [0.2, 0.25) is 18.2 Å². The van der Waals surface area contributed by atoms with Crippen molar-refractivity contribution in [2.24, 2.45) is 11.7 Å². The number of carbonyl (C=O) groups is 3. The second-order valence-electron chi connectivity index (χ2n) is 3.64. The molecule has 0 rings (SSSR count). The van der Waals surface area contributed by atoms with Gasteiger partial charge in [0.25, 0.3) is 0 Å². The Morgan fingerprint density at radius 1 is 1.27 bits per heavy atom. The van der Waals surface area contributed by atoms with Crippen molar-refractivity contribution in [1.29, 1.82) is 0 Å². The molecule has 0 spiro atoms. The molecule has 2 atom stereocenters. The number of hydrogen-bond acceptors (Lipinski definition) is 3. The number of rotatable bonds is 6. The number of nitrogens with two attached hydrogens (primary N) is 1. The van der Waals surface area contributed by atoms with Gasteiger partial charge in [-0.1, -0.05) is 13.8 Å². The van der Waals surface area contributed by atoms with Crippen molar-refractivity contribution in [1.82, 2.24) is 10.6 Å². The number of primary amides is 1. The Bertz CT molecular complexity index is 253. The van der Waals surface area contributed by atoms with Gasteiger partial charge in [0.1, 0.15) is 12.1 Å². The van der Waals surface area contributed by atoms with Crippen LogP contribution in [0.5, 0.6) is 0 Å². The molecule has 4 N–H and O–H groups in total. The Balaban J connectivity index is 4.38. The summed E-state index contributed by atoms with van der Waals surface area (Å²) in [5.41, 5.74) is 4.99. The van der Waals surface area contributed by atoms with E-state index in [2.05, 4.69) is 10.6 Å². The lowest BCUT2D eigenvalue weighted by atomic mass is 10.0. The van der Waals surface area contributed by atoms with Gasteiger partial charge in [0.15, 0.2) is 0 Å². The molecule has 3 amide bonds. The molecule has 0 unspecified atom stereocenters. The predicted molar refractivity (Wildman–Crippen MR) is 54.6 cm³/mol. The van der Waals surface area contributed by atoms with Crippen LogP contribution in [0.4, 0.5) is 0 Å². The van der Waals surface area contributed by atoms with Crippen molar-refractivity contribution >= 4 is 18.2 Å². The molecule has 6 nitrogen and oxygen atoms in total. The van der Waals surface area contributed by atoms with E-state index in [9.17, 15) is 14.4 Å². The zero-order valence-corrected chi connectivity index (χ0v) is 9.11. The third kappa shape index (κ3) is 4.44. The second-order valence-corrected chi connectivity index (χ2v) is 3.64. The summed E-state index contributed by atoms with van der Waals surface area (Å²) in [6.45, 7) is 5.06. The van der Waals surface area contributed by atoms with Crippen LogP contribution in [0.15, 0.2) is 0 Å². The summed E-state index contributed by atoms with van der Waals surface area (Å²) >= 11 is 0. The van der Waals surface area contributed by atoms with E-state index >= 15 is 0 Å². The predicted octanol–water partition coefficient (Wildman–Crippen LogP) is -1.25. The Hall–Kier alpha value is -1.59. The Morgan fingerprint density at radius 2 is 1.80 bits per heavy atom. The van der Waals surface area contributed by atoms with Crippen LogP contribution in [-0.2, 0) is 14.4 Å². The van der Waals surface area contributed by atoms with Crippen LogP contribution >= 0.6 is 0 Å². The first-order valence-corrected chi connectivity index (χ1v) is 4.69. The maximum absolute atomic E-state index is 11.5. The first-order chi connectivity index (χ1) is 6.90. The van der Waals surface area contributed by atoms with Gasteiger partial charge in [-0.05, 0) is 12.8 Å². The fourth-order valence-electron chi connectivity index (χ4n) is 1.02. The third-order valence-corrected chi connectivity index (χ3v) is 1.98. The molecule has 0 aliphatic carbocycles. The minimum absolute atomic E-state index is 0.0599. The molecule has 0 aliphatic heterocycles. The molecule has 0 aromatic carbocycles. The van der Waals surface area contributed by atoms with Gasteiger partial charge in [-0.25, -0.2) is 0 Å². The van der Waals surface area contributed by atoms with Gasteiger partial charge < -0.3 is 16.4 Å². The van der Waals surface area contributed by atoms with Crippen molar-refractivity contribution < 1.29 is 14.4 Å². The topological polar surface area (TPSA) is 101 Å². The van der Waals surface area contributed by atoms with E-state index in [1.54, 1.807) is 13.8 Å². The molecule has 0 aromatic heterocycles. The maximum atomic E-state index is 11.5. The number of hydrogen-bond donors (Lipinski definition) is 3. The van der Waals surface area contributed by atoms with Gasteiger partial charge >= 0.3 is 0 Å². The van der Waals surface area contributed by atoms with Gasteiger partial charge in [-0.2, -0.15) is 0 Å². The van der Waals surface area contributed by atoms with E-state index < -0.39 is 23.9 Å². The molecule has 0 bridgehead atoms. The van der Waals surface area contributed by atoms with Crippen molar-refractivity contribution in [2.45, 2.75) is 32.9 Å². The lowest BCUT2D eigenvalue weighted by Crippen LogP contribution is -2.52. The van der Waals surface area contributed by atoms with E-state index in [-0.39, 0.29) is 5.92 Å². The monoisotopic (exact) mass is 215 g/mol. The van der Waals surface area contributed by atoms with Crippen LogP contribution in [0.25, 0.3) is 0 Å². The van der Waals surface area contributed by atoms with Crippen LogP contribution in [0.2, 0.25) is 0 Å². The van der Waals surface area contributed by atoms with Crippen molar-refractivity contribution in [3.05, 3.63) is 0 Å². The van der Waals surface area contributed by atoms with E-state index in [4.69, 9.17) is 5.73 Å². The van der Waals surface area contributed by atoms with E-state index in [0.717, 1.165) is 0 Å². The largest absolute Gasteiger partial charge is 0.368 e. The SMILES string of the molecule is CC(C)[C@H](NC=O)C(=O)N[C@@H](C)C(N)=O. The Kier molecular flexibility index (Phi) is 5.36. The second kappa shape index (κ2) is 6.00. The summed E-state index contributed by atoms with van der Waals surface area (Å²) in [5.74, 6) is -1.09. The fourth-order valence-corrected chi connectivity index (χ4v) is 1.02. The molecule has 0 radical (unpaired) electrons. The summed E-state index contributed by atoms with van der Waals surface area (Å²) in [6.07, 6.45) is 0.458. The quantitative estimate of drug-likeness (QED) is 0.482. The number of carbonyl (C=O) groups excluding carboxylic acids is 3. The van der Waals surface area contributed by atoms with Gasteiger partial charge in [0, 0.05) is 0 Å². The number of amides is 3. The van der Waals surface area contributed by atoms with Crippen LogP contribution in [0.3, 0.4) is 0 Å². The minimum atomic E-state index is -0.743. The van der Waals surface area contributed by atoms with Crippen LogP contribution in [-0.4, -0.2) is 30.3 Å². The lowest BCUT2D eigenvalue weighted by Gasteiger charge is -2.20. The highest BCUT2D eigenvalue weighted by molar-refractivity contribution is 5.89. The molecule has 86 valence electrons. The third-order valence-electron chi connectivity index (χ3n) is 1.98. The molecule has 0 fully saturated rings. The summed E-state index contributed by atoms with van der Waals surface area (Å²) < 4.78 is 0. The Morgan fingerprint density at radius 3 is 2.13 bits per heavy atom. The van der Waals surface area contributed by atoms with Crippen molar-refractivity contribution in [2.75, 3.05) is 0 Å². The van der Waals surface area contributed by atoms with Crippen LogP contribution in [0, 0.1) is 5.92 Å². The molecule has 0 aromatic rings. The van der Waals surface area contributed by atoms with E-state index in [0.29, 0.717) is 6.41 Å². The van der Waals surface area contributed by atoms with Crippen molar-refractivity contribution in [3.63, 3.8) is 0 Å². The first-order valence-electron chi connectivity index (χ1n) is 4.69. The lowest BCUT2D eigenvalue weighted by molar-refractivity contribution is -0.130. The van der Waals surface area contributed by atoms with E-state index in [1.165, 1.54) is 6.92 Å². The maximum Gasteiger partial charge on any atom is 0.243 e. The van der Waals surface area contributed by atoms with Crippen molar-refractivity contribution in [3.8, 4) is 0 Å². The highest BCUT2D eigenvalue weighted by Gasteiger charge is 2.23. The first kappa shape index (κ1) is 13.4. The molecule has 6 heteroatoms. The fraction of sp³-hybridized carbons (Fsp3) is 0.667. The average Bonchev–Trinajstić information content (AvgIpc) is 2.12. The highest BCUT2D eigenvalue weighted by Crippen LogP contribution is 2.01. The number of nitrogens with one attached hydrogen (secondary N) is 2. The molecule has 0 aliphatic rings. The normalized spacial score (nSPS) is 14.1. The standard InChI is InChI=1S/C9H17N3O3/c1-5(2)7(11-4-13)9(15)12-6(3)8(10)14/h4-7H,1-3H3,(H2,10,14)(H,11,13)(H,12,15)/t6-,7-/m0/s1. The van der Waals surface area contributed by atoms with Gasteiger partial charge in [0.05, 0.1) is 0 Å². The molecular weight excluding hydrogens is 198 g/mol. The van der Waals surface area contributed by atoms with Gasteiger partial charge in [-0.15, -0.1) is 0 Å². The zero-order chi connectivity index (χ0) is 12.0. The molecule has 15 heavy (non-hydrogen) atoms. The molecule has 0 saturated heterocycles. The summed E-state index contributed by atoms with van der Waals surface area (Å²) in [4.78, 5) is 32.5. The van der Waals surface area contributed by atoms with Gasteiger partial charge in [-0.3, -0.25) is 14.4 Å². The summed E-state index contributed by atoms with van der Waals surface area (Å²) in [6, 6.07) is -1.39. The molecule has 0 saturated carbocycles. The zero-order valence-electron chi connectivity index (χ0n) is 9.11. The summed E-state index contributed by atoms with van der Waals surface area (Å²) in [5, 5.41) is 4.79. The minimum Gasteiger partial charge on any atom is -0.368 e. The average molecular weight is 215 g/mol. The smallest absolute Gasteiger partial charge is 0.243 e. The van der Waals surface area contributed by atoms with E-state index in [1.807, 2.05) is 0 Å². The molecular formula is C9H17N3O3. The highest BCUT2D eigenvalue weighted by atomic mass is 16.2. The molecule has 0 heterocycles. The Labute approximate surface area is 88.6 Å². The van der Waals surface area contributed by atoms with Crippen LogP contribution < -0.4 is 16.4 Å². The summed E-state index contributed by atoms with van der Waals surface area (Å²) in [7, 11) is 0.